The maximum atomic E-state index is 12.9. The Morgan fingerprint density at radius 1 is 1.29 bits per heavy atom. The van der Waals surface area contributed by atoms with E-state index in [9.17, 15) is 29.6 Å². The first-order valence-electron chi connectivity index (χ1n) is 11.4. The van der Waals surface area contributed by atoms with Crippen LogP contribution in [0.15, 0.2) is 17.1 Å². The fraction of sp³-hybridized carbons (Fsp3) is 0.565. The standard InChI is InChI=1S/C23H31N5O6/c1-6-25(7-2)21(30)14-9-8-10-26(12-14)20-17(28(33)34)11-15-18(29)16(22(31)32)13-27(19(15)24-20)23(3,4)5/h11,13-14H,6-10,12H2,1-5H3,(H,31,32). The Labute approximate surface area is 197 Å². The van der Waals surface area contributed by atoms with Gasteiger partial charge in [0.05, 0.1) is 16.2 Å². The third kappa shape index (κ3) is 4.59. The Morgan fingerprint density at radius 3 is 2.47 bits per heavy atom. The molecule has 0 saturated carbocycles. The Bertz CT molecular complexity index is 1200. The number of hydrogen-bond donors (Lipinski definition) is 1. The smallest absolute Gasteiger partial charge is 0.341 e. The molecule has 2 aromatic heterocycles. The molecule has 3 rings (SSSR count). The molecule has 0 aromatic carbocycles. The molecule has 1 aliphatic heterocycles. The van der Waals surface area contributed by atoms with Crippen LogP contribution in [0, 0.1) is 16.0 Å². The van der Waals surface area contributed by atoms with Gasteiger partial charge in [-0.15, -0.1) is 0 Å². The first-order chi connectivity index (χ1) is 15.9. The van der Waals surface area contributed by atoms with Gasteiger partial charge in [-0.1, -0.05) is 0 Å². The van der Waals surface area contributed by atoms with Gasteiger partial charge in [-0.05, 0) is 47.5 Å². The second-order valence-electron chi connectivity index (χ2n) is 9.47. The minimum Gasteiger partial charge on any atom is -0.477 e. The number of nitro groups is 1. The number of carboxylic acids is 1. The van der Waals surface area contributed by atoms with Gasteiger partial charge >= 0.3 is 11.7 Å². The summed E-state index contributed by atoms with van der Waals surface area (Å²) in [7, 11) is 0. The number of aromatic carboxylic acids is 1. The van der Waals surface area contributed by atoms with Crippen molar-refractivity contribution in [2.24, 2.45) is 5.92 Å². The van der Waals surface area contributed by atoms with E-state index in [1.807, 2.05) is 34.6 Å². The number of nitrogens with zero attached hydrogens (tertiary/aromatic N) is 5. The third-order valence-corrected chi connectivity index (χ3v) is 6.23. The van der Waals surface area contributed by atoms with Crippen LogP contribution in [0.5, 0.6) is 0 Å². The van der Waals surface area contributed by atoms with Gasteiger partial charge in [0.1, 0.15) is 11.2 Å². The zero-order chi connectivity index (χ0) is 25.4. The van der Waals surface area contributed by atoms with Gasteiger partial charge in [-0.25, -0.2) is 9.78 Å². The zero-order valence-corrected chi connectivity index (χ0v) is 20.2. The van der Waals surface area contributed by atoms with E-state index in [4.69, 9.17) is 0 Å². The summed E-state index contributed by atoms with van der Waals surface area (Å²) in [6.45, 7) is 11.2. The molecule has 2 aromatic rings. The van der Waals surface area contributed by atoms with Gasteiger partial charge < -0.3 is 19.5 Å². The van der Waals surface area contributed by atoms with Crippen molar-refractivity contribution in [2.45, 2.75) is 53.0 Å². The predicted molar refractivity (Wildman–Crippen MR) is 127 cm³/mol. The number of amides is 1. The first-order valence-corrected chi connectivity index (χ1v) is 11.4. The maximum absolute atomic E-state index is 12.9. The monoisotopic (exact) mass is 473 g/mol. The second kappa shape index (κ2) is 9.40. The summed E-state index contributed by atoms with van der Waals surface area (Å²) in [6.07, 6.45) is 2.58. The minimum atomic E-state index is -1.41. The van der Waals surface area contributed by atoms with Crippen LogP contribution in [0.25, 0.3) is 11.0 Å². The van der Waals surface area contributed by atoms with E-state index in [2.05, 4.69) is 4.98 Å². The summed E-state index contributed by atoms with van der Waals surface area (Å²) < 4.78 is 1.56. The molecule has 0 radical (unpaired) electrons. The normalized spacial score (nSPS) is 16.5. The summed E-state index contributed by atoms with van der Waals surface area (Å²) in [6, 6.07) is 1.12. The average Bonchev–Trinajstić information content (AvgIpc) is 2.78. The Kier molecular flexibility index (Phi) is 6.94. The van der Waals surface area contributed by atoms with Crippen LogP contribution in [0.4, 0.5) is 11.5 Å². The predicted octanol–water partition coefficient (Wildman–Crippen LogP) is 2.84. The number of carbonyl (C=O) groups is 2. The Morgan fingerprint density at radius 2 is 1.94 bits per heavy atom. The number of pyridine rings is 2. The number of carbonyl (C=O) groups excluding carboxylic acids is 1. The SMILES string of the molecule is CCN(CC)C(=O)C1CCCN(c2nc3c(cc2[N+](=O)[O-])c(=O)c(C(=O)O)cn3C(C)(C)C)C1. The highest BCUT2D eigenvalue weighted by molar-refractivity contribution is 5.93. The van der Waals surface area contributed by atoms with Crippen molar-refractivity contribution >= 4 is 34.4 Å². The van der Waals surface area contributed by atoms with Crippen LogP contribution in [0.2, 0.25) is 0 Å². The van der Waals surface area contributed by atoms with Gasteiger partial charge in [0.2, 0.25) is 17.2 Å². The third-order valence-electron chi connectivity index (χ3n) is 6.23. The van der Waals surface area contributed by atoms with Gasteiger partial charge in [0.15, 0.2) is 0 Å². The van der Waals surface area contributed by atoms with Crippen molar-refractivity contribution in [1.29, 1.82) is 0 Å². The lowest BCUT2D eigenvalue weighted by molar-refractivity contribution is -0.384. The number of hydrogen-bond acceptors (Lipinski definition) is 7. The van der Waals surface area contributed by atoms with E-state index in [1.165, 1.54) is 6.20 Å². The fourth-order valence-electron chi connectivity index (χ4n) is 4.42. The summed E-state index contributed by atoms with van der Waals surface area (Å²) in [5.74, 6) is -1.64. The molecule has 11 nitrogen and oxygen atoms in total. The van der Waals surface area contributed by atoms with Crippen molar-refractivity contribution in [2.75, 3.05) is 31.1 Å². The first kappa shape index (κ1) is 25.1. The highest BCUT2D eigenvalue weighted by Gasteiger charge is 2.33. The molecule has 184 valence electrons. The maximum Gasteiger partial charge on any atom is 0.341 e. The molecular weight excluding hydrogens is 442 g/mol. The van der Waals surface area contributed by atoms with Crippen molar-refractivity contribution in [3.8, 4) is 0 Å². The molecule has 1 fully saturated rings. The van der Waals surface area contributed by atoms with Crippen LogP contribution in [0.1, 0.15) is 57.8 Å². The number of fused-ring (bicyclic) bond motifs is 1. The van der Waals surface area contributed by atoms with Crippen molar-refractivity contribution < 1.29 is 19.6 Å². The number of aromatic nitrogens is 2. The molecule has 0 bridgehead atoms. The van der Waals surface area contributed by atoms with Gasteiger partial charge in [-0.2, -0.15) is 0 Å². The molecule has 3 heterocycles. The summed E-state index contributed by atoms with van der Waals surface area (Å²) in [5, 5.41) is 21.4. The van der Waals surface area contributed by atoms with Crippen molar-refractivity contribution in [3.05, 3.63) is 38.2 Å². The van der Waals surface area contributed by atoms with E-state index in [1.54, 1.807) is 14.4 Å². The van der Waals surface area contributed by atoms with E-state index in [0.717, 1.165) is 6.07 Å². The second-order valence-corrected chi connectivity index (χ2v) is 9.47. The molecule has 1 N–H and O–H groups in total. The van der Waals surface area contributed by atoms with E-state index >= 15 is 0 Å². The average molecular weight is 474 g/mol. The van der Waals surface area contributed by atoms with Crippen LogP contribution < -0.4 is 10.3 Å². The molecule has 1 saturated heterocycles. The zero-order valence-electron chi connectivity index (χ0n) is 20.2. The molecular formula is C23H31N5O6. The summed E-state index contributed by atoms with van der Waals surface area (Å²) in [5.41, 5.74) is -2.17. The lowest BCUT2D eigenvalue weighted by Gasteiger charge is -2.35. The number of anilines is 1. The highest BCUT2D eigenvalue weighted by atomic mass is 16.6. The molecule has 11 heteroatoms. The van der Waals surface area contributed by atoms with E-state index in [-0.39, 0.29) is 40.9 Å². The Hall–Kier alpha value is -3.50. The van der Waals surface area contributed by atoms with E-state index < -0.39 is 27.4 Å². The number of carboxylic acid groups (broad SMARTS) is 1. The lowest BCUT2D eigenvalue weighted by Crippen LogP contribution is -2.45. The van der Waals surface area contributed by atoms with Crippen LogP contribution >= 0.6 is 0 Å². The van der Waals surface area contributed by atoms with Crippen molar-refractivity contribution in [1.82, 2.24) is 14.5 Å². The van der Waals surface area contributed by atoms with Gasteiger partial charge in [0, 0.05) is 44.0 Å². The fourth-order valence-corrected chi connectivity index (χ4v) is 4.42. The topological polar surface area (TPSA) is 139 Å². The number of rotatable bonds is 6. The minimum absolute atomic E-state index is 0.0100. The lowest BCUT2D eigenvalue weighted by atomic mass is 9.96. The summed E-state index contributed by atoms with van der Waals surface area (Å²) >= 11 is 0. The molecule has 1 aliphatic rings. The van der Waals surface area contributed by atoms with Crippen LogP contribution in [-0.4, -0.2) is 62.5 Å². The van der Waals surface area contributed by atoms with Crippen LogP contribution in [0.3, 0.4) is 0 Å². The molecule has 0 spiro atoms. The highest BCUT2D eigenvalue weighted by Crippen LogP contribution is 2.33. The largest absolute Gasteiger partial charge is 0.477 e. The Balaban J connectivity index is 2.21. The van der Waals surface area contributed by atoms with Crippen LogP contribution in [-0.2, 0) is 10.3 Å². The quantitative estimate of drug-likeness (QED) is 0.499. The molecule has 1 unspecified atom stereocenters. The molecule has 1 amide bonds. The number of piperidine rings is 1. The van der Waals surface area contributed by atoms with E-state index in [0.29, 0.717) is 32.5 Å². The molecule has 34 heavy (non-hydrogen) atoms. The summed E-state index contributed by atoms with van der Waals surface area (Å²) in [4.78, 5) is 56.9. The molecule has 0 aliphatic carbocycles. The van der Waals surface area contributed by atoms with Crippen molar-refractivity contribution in [3.63, 3.8) is 0 Å². The molecule has 1 atom stereocenters. The van der Waals surface area contributed by atoms with Gasteiger partial charge in [0.25, 0.3) is 0 Å². The van der Waals surface area contributed by atoms with Gasteiger partial charge in [-0.3, -0.25) is 19.7 Å².